The molecular weight excluding hydrogens is 523 g/mol. The Morgan fingerprint density at radius 3 is 2.62 bits per heavy atom. The first-order valence-corrected chi connectivity index (χ1v) is 14.8. The maximum Gasteiger partial charge on any atom is 0.304 e. The molecular formula is C30H31FO7S. The van der Waals surface area contributed by atoms with Crippen molar-refractivity contribution >= 4 is 15.8 Å². The van der Waals surface area contributed by atoms with Crippen LogP contribution in [0.5, 0.6) is 17.2 Å². The van der Waals surface area contributed by atoms with Crippen LogP contribution in [-0.2, 0) is 21.2 Å². The van der Waals surface area contributed by atoms with Crippen LogP contribution in [0.4, 0.5) is 4.39 Å². The number of benzene rings is 3. The van der Waals surface area contributed by atoms with Gasteiger partial charge in [-0.05, 0) is 72.7 Å². The molecule has 2 aliphatic heterocycles. The average Bonchev–Trinajstić information content (AvgIpc) is 3.28. The molecule has 7 nitrogen and oxygen atoms in total. The summed E-state index contributed by atoms with van der Waals surface area (Å²) in [4.78, 5) is 11.1. The molecule has 1 atom stereocenters. The maximum atomic E-state index is 15.4. The summed E-state index contributed by atoms with van der Waals surface area (Å²) in [5.74, 6) is 0.0858. The molecule has 0 unspecified atom stereocenters. The Morgan fingerprint density at radius 2 is 1.87 bits per heavy atom. The number of carboxylic acid groups (broad SMARTS) is 1. The number of aryl methyl sites for hydroxylation is 1. The fourth-order valence-corrected chi connectivity index (χ4v) is 6.78. The maximum absolute atomic E-state index is 15.4. The van der Waals surface area contributed by atoms with Crippen LogP contribution in [-0.4, -0.2) is 43.7 Å². The molecule has 0 spiro atoms. The standard InChI is InChI=1S/C30H31FO7S/c1-18-12-27(38-23-8-10-39(34,35)11-9-23)30(31)19(2)29(18)21-5-3-4-20(13-21)16-36-24-6-7-25-22(14-28(32)33)17-37-26(25)15-24/h3-7,12-13,15,22-23H,8-11,14,16-17H2,1-2H3,(H,32,33)/t22-/m1/s1. The third kappa shape index (κ3) is 6.03. The molecule has 2 aliphatic rings. The molecule has 0 radical (unpaired) electrons. The molecule has 0 aliphatic carbocycles. The van der Waals surface area contributed by atoms with Crippen molar-refractivity contribution in [1.82, 2.24) is 0 Å². The summed E-state index contributed by atoms with van der Waals surface area (Å²) in [5, 5.41) is 9.09. The first-order chi connectivity index (χ1) is 18.6. The van der Waals surface area contributed by atoms with Crippen molar-refractivity contribution in [2.45, 2.75) is 51.7 Å². The molecule has 9 heteroatoms. The van der Waals surface area contributed by atoms with Crippen LogP contribution < -0.4 is 14.2 Å². The smallest absolute Gasteiger partial charge is 0.304 e. The summed E-state index contributed by atoms with van der Waals surface area (Å²) in [6.07, 6.45) is 0.435. The van der Waals surface area contributed by atoms with Gasteiger partial charge in [0, 0.05) is 17.5 Å². The Kier molecular flexibility index (Phi) is 7.53. The topological polar surface area (TPSA) is 99.1 Å². The van der Waals surface area contributed by atoms with Crippen LogP contribution in [0.2, 0.25) is 0 Å². The van der Waals surface area contributed by atoms with Gasteiger partial charge in [-0.2, -0.15) is 0 Å². The second-order valence-corrected chi connectivity index (χ2v) is 12.6. The van der Waals surface area contributed by atoms with Crippen LogP contribution in [0.25, 0.3) is 11.1 Å². The Hall–Kier alpha value is -3.59. The van der Waals surface area contributed by atoms with E-state index in [4.69, 9.17) is 19.3 Å². The first-order valence-electron chi connectivity index (χ1n) is 13.0. The van der Waals surface area contributed by atoms with E-state index in [-0.39, 0.29) is 42.3 Å². The molecule has 0 saturated carbocycles. The molecule has 5 rings (SSSR count). The third-order valence-electron chi connectivity index (χ3n) is 7.36. The van der Waals surface area contributed by atoms with Gasteiger partial charge in [-0.15, -0.1) is 0 Å². The van der Waals surface area contributed by atoms with Crippen molar-refractivity contribution in [1.29, 1.82) is 0 Å². The molecule has 39 heavy (non-hydrogen) atoms. The number of aliphatic carboxylic acids is 1. The van der Waals surface area contributed by atoms with Crippen LogP contribution in [0.15, 0.2) is 48.5 Å². The highest BCUT2D eigenvalue weighted by molar-refractivity contribution is 7.91. The lowest BCUT2D eigenvalue weighted by molar-refractivity contribution is -0.137. The SMILES string of the molecule is Cc1cc(OC2CCS(=O)(=O)CC2)c(F)c(C)c1-c1cccc(COc2ccc3c(c2)OC[C@H]3CC(=O)O)c1. The number of ether oxygens (including phenoxy) is 3. The summed E-state index contributed by atoms with van der Waals surface area (Å²) in [6, 6.07) is 14.9. The van der Waals surface area contributed by atoms with Gasteiger partial charge in [-0.25, -0.2) is 12.8 Å². The molecule has 1 fully saturated rings. The predicted molar refractivity (Wildman–Crippen MR) is 145 cm³/mol. The average molecular weight is 555 g/mol. The Bertz CT molecular complexity index is 1500. The number of hydrogen-bond acceptors (Lipinski definition) is 6. The number of fused-ring (bicyclic) bond motifs is 1. The van der Waals surface area contributed by atoms with Gasteiger partial charge < -0.3 is 19.3 Å². The van der Waals surface area contributed by atoms with Crippen molar-refractivity contribution in [2.75, 3.05) is 18.1 Å². The van der Waals surface area contributed by atoms with Crippen molar-refractivity contribution in [3.8, 4) is 28.4 Å². The molecule has 1 N–H and O–H groups in total. The van der Waals surface area contributed by atoms with E-state index in [1.807, 2.05) is 43.3 Å². The molecule has 206 valence electrons. The lowest BCUT2D eigenvalue weighted by atomic mass is 9.94. The number of carboxylic acids is 1. The van der Waals surface area contributed by atoms with Crippen molar-refractivity contribution < 1.29 is 36.9 Å². The fraction of sp³-hybridized carbons (Fsp3) is 0.367. The highest BCUT2D eigenvalue weighted by Gasteiger charge is 2.28. The quantitative estimate of drug-likeness (QED) is 0.387. The summed E-state index contributed by atoms with van der Waals surface area (Å²) < 4.78 is 56.4. The van der Waals surface area contributed by atoms with Gasteiger partial charge in [0.15, 0.2) is 21.4 Å². The third-order valence-corrected chi connectivity index (χ3v) is 9.08. The van der Waals surface area contributed by atoms with Crippen LogP contribution in [0.3, 0.4) is 0 Å². The van der Waals surface area contributed by atoms with Gasteiger partial charge in [0.25, 0.3) is 0 Å². The normalized spacial score (nSPS) is 18.3. The molecule has 0 aromatic heterocycles. The fourth-order valence-electron chi connectivity index (χ4n) is 5.33. The van der Waals surface area contributed by atoms with Crippen LogP contribution in [0.1, 0.15) is 47.4 Å². The minimum absolute atomic E-state index is 0.0252. The molecule has 2 heterocycles. The summed E-state index contributed by atoms with van der Waals surface area (Å²) in [6.45, 7) is 4.26. The molecule has 3 aromatic carbocycles. The van der Waals surface area contributed by atoms with E-state index < -0.39 is 21.6 Å². The van der Waals surface area contributed by atoms with E-state index in [0.29, 0.717) is 36.5 Å². The second-order valence-electron chi connectivity index (χ2n) is 10.3. The van der Waals surface area contributed by atoms with Gasteiger partial charge in [-0.3, -0.25) is 4.79 Å². The van der Waals surface area contributed by atoms with Crippen molar-refractivity contribution in [3.05, 3.63) is 76.6 Å². The van der Waals surface area contributed by atoms with Gasteiger partial charge in [0.2, 0.25) is 0 Å². The number of carbonyl (C=O) groups is 1. The highest BCUT2D eigenvalue weighted by atomic mass is 32.2. The van der Waals surface area contributed by atoms with Crippen molar-refractivity contribution in [3.63, 3.8) is 0 Å². The lowest BCUT2D eigenvalue weighted by Crippen LogP contribution is -2.31. The molecule has 1 saturated heterocycles. The zero-order valence-corrected chi connectivity index (χ0v) is 22.7. The van der Waals surface area contributed by atoms with Gasteiger partial charge in [-0.1, -0.05) is 24.3 Å². The minimum atomic E-state index is -3.02. The number of halogens is 1. The number of rotatable bonds is 8. The van der Waals surface area contributed by atoms with Crippen molar-refractivity contribution in [2.24, 2.45) is 0 Å². The molecule has 0 bridgehead atoms. The summed E-state index contributed by atoms with van der Waals surface area (Å²) >= 11 is 0. The van der Waals surface area contributed by atoms with Gasteiger partial charge >= 0.3 is 5.97 Å². The Balaban J connectivity index is 1.29. The zero-order chi connectivity index (χ0) is 27.7. The minimum Gasteiger partial charge on any atom is -0.492 e. The summed E-state index contributed by atoms with van der Waals surface area (Å²) in [5.41, 5.74) is 4.74. The summed E-state index contributed by atoms with van der Waals surface area (Å²) in [7, 11) is -3.02. The van der Waals surface area contributed by atoms with Gasteiger partial charge in [0.05, 0.1) is 24.5 Å². The number of sulfone groups is 1. The predicted octanol–water partition coefficient (Wildman–Crippen LogP) is 5.60. The van der Waals surface area contributed by atoms with Gasteiger partial charge in [0.1, 0.15) is 24.2 Å². The zero-order valence-electron chi connectivity index (χ0n) is 21.9. The molecule has 3 aromatic rings. The largest absolute Gasteiger partial charge is 0.492 e. The van der Waals surface area contributed by atoms with E-state index in [9.17, 15) is 13.2 Å². The first kappa shape index (κ1) is 27.0. The van der Waals surface area contributed by atoms with Crippen LogP contribution >= 0.6 is 0 Å². The van der Waals surface area contributed by atoms with E-state index >= 15 is 4.39 Å². The highest BCUT2D eigenvalue weighted by Crippen LogP contribution is 2.39. The van der Waals surface area contributed by atoms with E-state index in [2.05, 4.69) is 0 Å². The van der Waals surface area contributed by atoms with E-state index in [0.717, 1.165) is 27.8 Å². The van der Waals surface area contributed by atoms with Crippen LogP contribution in [0, 0.1) is 19.7 Å². The van der Waals surface area contributed by atoms with E-state index in [1.54, 1.807) is 19.1 Å². The number of hydrogen-bond donors (Lipinski definition) is 1. The second kappa shape index (κ2) is 10.9. The Labute approximate surface area is 227 Å². The Morgan fingerprint density at radius 1 is 1.10 bits per heavy atom. The van der Waals surface area contributed by atoms with E-state index in [1.165, 1.54) is 0 Å². The molecule has 0 amide bonds. The monoisotopic (exact) mass is 554 g/mol. The lowest BCUT2D eigenvalue weighted by Gasteiger charge is -2.24.